The van der Waals surface area contributed by atoms with Crippen molar-refractivity contribution in [1.29, 1.82) is 0 Å². The SMILES string of the molecule is Cc1ccc(-n2cc(-c3ccc(Cl)cc3)nc2NC(=O)CN(Cc2ccco2)C(=O)C2CC2)cc1. The number of carbonyl (C=O) groups is 2. The fraction of sp³-hybridized carbons (Fsp3) is 0.222. The van der Waals surface area contributed by atoms with Gasteiger partial charge in [-0.2, -0.15) is 0 Å². The van der Waals surface area contributed by atoms with Gasteiger partial charge in [0.05, 0.1) is 18.5 Å². The number of hydrogen-bond acceptors (Lipinski definition) is 4. The lowest BCUT2D eigenvalue weighted by Gasteiger charge is -2.21. The van der Waals surface area contributed by atoms with Gasteiger partial charge in [0.1, 0.15) is 12.3 Å². The van der Waals surface area contributed by atoms with Crippen LogP contribution in [0.4, 0.5) is 5.95 Å². The lowest BCUT2D eigenvalue weighted by atomic mass is 10.2. The van der Waals surface area contributed by atoms with E-state index in [9.17, 15) is 9.59 Å². The Morgan fingerprint density at radius 1 is 1.11 bits per heavy atom. The average molecular weight is 489 g/mol. The summed E-state index contributed by atoms with van der Waals surface area (Å²) in [6.45, 7) is 2.18. The molecule has 1 aliphatic carbocycles. The first-order valence-corrected chi connectivity index (χ1v) is 11.9. The van der Waals surface area contributed by atoms with Crippen molar-refractivity contribution in [2.45, 2.75) is 26.3 Å². The van der Waals surface area contributed by atoms with Gasteiger partial charge in [-0.1, -0.05) is 41.4 Å². The molecule has 1 fully saturated rings. The number of rotatable bonds is 8. The molecule has 2 heterocycles. The van der Waals surface area contributed by atoms with E-state index in [2.05, 4.69) is 5.32 Å². The summed E-state index contributed by atoms with van der Waals surface area (Å²) >= 11 is 6.04. The van der Waals surface area contributed by atoms with Gasteiger partial charge in [-0.15, -0.1) is 0 Å². The van der Waals surface area contributed by atoms with Crippen LogP contribution in [0.15, 0.2) is 77.5 Å². The highest BCUT2D eigenvalue weighted by Gasteiger charge is 2.34. The van der Waals surface area contributed by atoms with Gasteiger partial charge in [-0.3, -0.25) is 19.5 Å². The maximum absolute atomic E-state index is 13.1. The highest BCUT2D eigenvalue weighted by molar-refractivity contribution is 6.30. The molecule has 1 N–H and O–H groups in total. The van der Waals surface area contributed by atoms with Crippen molar-refractivity contribution in [2.24, 2.45) is 5.92 Å². The van der Waals surface area contributed by atoms with E-state index in [0.717, 1.165) is 29.7 Å². The Morgan fingerprint density at radius 2 is 1.86 bits per heavy atom. The van der Waals surface area contributed by atoms with Crippen LogP contribution in [0.25, 0.3) is 16.9 Å². The fourth-order valence-electron chi connectivity index (χ4n) is 3.86. The zero-order valence-corrected chi connectivity index (χ0v) is 20.0. The van der Waals surface area contributed by atoms with Crippen molar-refractivity contribution < 1.29 is 14.0 Å². The van der Waals surface area contributed by atoms with E-state index in [0.29, 0.717) is 22.4 Å². The van der Waals surface area contributed by atoms with Gasteiger partial charge < -0.3 is 9.32 Å². The molecule has 35 heavy (non-hydrogen) atoms. The van der Waals surface area contributed by atoms with Gasteiger partial charge in [-0.25, -0.2) is 4.98 Å². The van der Waals surface area contributed by atoms with Crippen molar-refractivity contribution in [1.82, 2.24) is 14.5 Å². The van der Waals surface area contributed by atoms with Crippen LogP contribution in [0.5, 0.6) is 0 Å². The topological polar surface area (TPSA) is 80.4 Å². The van der Waals surface area contributed by atoms with E-state index in [1.54, 1.807) is 35.4 Å². The Kier molecular flexibility index (Phi) is 6.42. The molecule has 0 radical (unpaired) electrons. The molecule has 8 heteroatoms. The number of furan rings is 1. The summed E-state index contributed by atoms with van der Waals surface area (Å²) in [5.74, 6) is 0.648. The normalized spacial score (nSPS) is 13.0. The summed E-state index contributed by atoms with van der Waals surface area (Å²) in [5, 5.41) is 3.55. The first-order chi connectivity index (χ1) is 17.0. The quantitative estimate of drug-likeness (QED) is 0.356. The van der Waals surface area contributed by atoms with Crippen LogP contribution in [-0.4, -0.2) is 32.8 Å². The van der Waals surface area contributed by atoms with Crippen molar-refractivity contribution in [3.63, 3.8) is 0 Å². The second-order valence-electron chi connectivity index (χ2n) is 8.76. The summed E-state index contributed by atoms with van der Waals surface area (Å²) in [6.07, 6.45) is 5.15. The van der Waals surface area contributed by atoms with Gasteiger partial charge in [0.15, 0.2) is 0 Å². The molecule has 1 aliphatic rings. The van der Waals surface area contributed by atoms with E-state index < -0.39 is 0 Å². The van der Waals surface area contributed by atoms with E-state index in [1.807, 2.05) is 54.1 Å². The first-order valence-electron chi connectivity index (χ1n) is 11.5. The number of aryl methyl sites for hydroxylation is 1. The smallest absolute Gasteiger partial charge is 0.246 e. The molecule has 0 saturated heterocycles. The minimum absolute atomic E-state index is 0.0104. The molecule has 4 aromatic rings. The number of amides is 2. The highest BCUT2D eigenvalue weighted by atomic mass is 35.5. The Labute approximate surface area is 208 Å². The monoisotopic (exact) mass is 488 g/mol. The molecule has 0 atom stereocenters. The van der Waals surface area contributed by atoms with Crippen LogP contribution in [-0.2, 0) is 16.1 Å². The molecular formula is C27H25ClN4O3. The lowest BCUT2D eigenvalue weighted by Crippen LogP contribution is -2.38. The molecule has 0 spiro atoms. The van der Waals surface area contributed by atoms with Crippen LogP contribution < -0.4 is 5.32 Å². The summed E-state index contributed by atoms with van der Waals surface area (Å²) < 4.78 is 7.24. The standard InChI is InChI=1S/C27H25ClN4O3/c1-18-4-12-22(13-5-18)32-16-24(19-8-10-21(28)11-9-19)29-27(32)30-25(33)17-31(26(34)20-6-7-20)15-23-3-2-14-35-23/h2-5,8-14,16,20H,6-7,15,17H2,1H3,(H,29,30,33). The third kappa shape index (κ3) is 5.46. The van der Waals surface area contributed by atoms with Crippen LogP contribution >= 0.6 is 11.6 Å². The summed E-state index contributed by atoms with van der Waals surface area (Å²) in [6, 6.07) is 18.9. The Balaban J connectivity index is 1.41. The highest BCUT2D eigenvalue weighted by Crippen LogP contribution is 2.31. The predicted octanol–water partition coefficient (Wildman–Crippen LogP) is 5.47. The van der Waals surface area contributed by atoms with E-state index in [4.69, 9.17) is 21.0 Å². The minimum Gasteiger partial charge on any atom is -0.467 e. The number of anilines is 1. The van der Waals surface area contributed by atoms with Crippen molar-refractivity contribution in [3.05, 3.63) is 89.5 Å². The average Bonchev–Trinajstić information content (AvgIpc) is 3.42. The maximum atomic E-state index is 13.1. The molecular weight excluding hydrogens is 464 g/mol. The number of carbonyl (C=O) groups excluding carboxylic acids is 2. The molecule has 0 unspecified atom stereocenters. The number of aromatic nitrogens is 2. The Morgan fingerprint density at radius 3 is 2.51 bits per heavy atom. The van der Waals surface area contributed by atoms with Crippen LogP contribution in [0.3, 0.4) is 0 Å². The minimum atomic E-state index is -0.327. The Bertz CT molecular complexity index is 1320. The lowest BCUT2D eigenvalue weighted by molar-refractivity contribution is -0.136. The largest absolute Gasteiger partial charge is 0.467 e. The summed E-state index contributed by atoms with van der Waals surface area (Å²) in [4.78, 5) is 32.2. The fourth-order valence-corrected chi connectivity index (χ4v) is 3.98. The van der Waals surface area contributed by atoms with Gasteiger partial charge in [0, 0.05) is 28.4 Å². The number of nitrogens with one attached hydrogen (secondary N) is 1. The van der Waals surface area contributed by atoms with Crippen molar-refractivity contribution in [2.75, 3.05) is 11.9 Å². The molecule has 2 amide bonds. The number of hydrogen-bond donors (Lipinski definition) is 1. The van der Waals surface area contributed by atoms with Gasteiger partial charge in [0.2, 0.25) is 17.8 Å². The maximum Gasteiger partial charge on any atom is 0.246 e. The van der Waals surface area contributed by atoms with Gasteiger partial charge in [0.25, 0.3) is 0 Å². The zero-order valence-electron chi connectivity index (χ0n) is 19.3. The second kappa shape index (κ2) is 9.80. The first kappa shape index (κ1) is 22.9. The number of imidazole rings is 1. The van der Waals surface area contributed by atoms with Crippen LogP contribution in [0.1, 0.15) is 24.2 Å². The third-order valence-corrected chi connectivity index (χ3v) is 6.16. The van der Waals surface area contributed by atoms with Crippen molar-refractivity contribution >= 4 is 29.4 Å². The van der Waals surface area contributed by atoms with E-state index in [-0.39, 0.29) is 30.8 Å². The number of halogens is 1. The third-order valence-electron chi connectivity index (χ3n) is 5.91. The molecule has 7 nitrogen and oxygen atoms in total. The van der Waals surface area contributed by atoms with Gasteiger partial charge in [-0.05, 0) is 56.2 Å². The molecule has 2 aromatic heterocycles. The molecule has 5 rings (SSSR count). The van der Waals surface area contributed by atoms with E-state index >= 15 is 0 Å². The zero-order chi connectivity index (χ0) is 24.4. The molecule has 0 aliphatic heterocycles. The second-order valence-corrected chi connectivity index (χ2v) is 9.19. The van der Waals surface area contributed by atoms with Crippen LogP contribution in [0.2, 0.25) is 5.02 Å². The van der Waals surface area contributed by atoms with Gasteiger partial charge >= 0.3 is 0 Å². The predicted molar refractivity (Wildman–Crippen MR) is 134 cm³/mol. The molecule has 1 saturated carbocycles. The molecule has 0 bridgehead atoms. The number of benzene rings is 2. The van der Waals surface area contributed by atoms with Crippen LogP contribution in [0, 0.1) is 12.8 Å². The van der Waals surface area contributed by atoms with Crippen molar-refractivity contribution in [3.8, 4) is 16.9 Å². The van der Waals surface area contributed by atoms with E-state index in [1.165, 1.54) is 0 Å². The molecule has 2 aromatic carbocycles. The Hall–Kier alpha value is -3.84. The molecule has 178 valence electrons. The summed E-state index contributed by atoms with van der Waals surface area (Å²) in [5.41, 5.74) is 3.56. The number of nitrogens with zero attached hydrogens (tertiary/aromatic N) is 3. The summed E-state index contributed by atoms with van der Waals surface area (Å²) in [7, 11) is 0.